The van der Waals surface area contributed by atoms with E-state index in [1.165, 1.54) is 83.5 Å². The molecule has 0 aromatic rings. The maximum atomic E-state index is 3.92. The van der Waals surface area contributed by atoms with Gasteiger partial charge < -0.3 is 5.32 Å². The number of hydrogen-bond donors (Lipinski definition) is 1. The van der Waals surface area contributed by atoms with E-state index in [-0.39, 0.29) is 0 Å². The van der Waals surface area contributed by atoms with E-state index in [1.807, 2.05) is 0 Å². The molecule has 1 N–H and O–H groups in total. The van der Waals surface area contributed by atoms with Crippen LogP contribution < -0.4 is 5.32 Å². The summed E-state index contributed by atoms with van der Waals surface area (Å²) in [5.74, 6) is 4.21. The highest BCUT2D eigenvalue weighted by Gasteiger charge is 2.29. The van der Waals surface area contributed by atoms with Gasteiger partial charge >= 0.3 is 0 Å². The normalized spacial score (nSPS) is 35.2. The molecule has 1 nitrogen and oxygen atoms in total. The van der Waals surface area contributed by atoms with E-state index in [0.29, 0.717) is 6.04 Å². The van der Waals surface area contributed by atoms with Crippen LogP contribution in [0.15, 0.2) is 12.2 Å². The molecule has 0 spiro atoms. The van der Waals surface area contributed by atoms with E-state index in [1.54, 1.807) is 12.8 Å². The molecule has 3 saturated carbocycles. The smallest absolute Gasteiger partial charge is 0.0252 e. The Morgan fingerprint density at radius 2 is 1.46 bits per heavy atom. The van der Waals surface area contributed by atoms with Crippen LogP contribution in [-0.4, -0.2) is 12.1 Å². The lowest BCUT2D eigenvalue weighted by molar-refractivity contribution is 0.146. The molecular weight excluding hydrogens is 314 g/mol. The summed E-state index contributed by atoms with van der Waals surface area (Å²) in [6.45, 7) is 4.63. The minimum Gasteiger partial charge on any atom is -0.308 e. The van der Waals surface area contributed by atoms with Gasteiger partial charge in [-0.05, 0) is 75.5 Å². The Morgan fingerprint density at radius 3 is 2.08 bits per heavy atom. The number of hydrogen-bond acceptors (Lipinski definition) is 1. The molecule has 150 valence electrons. The Kier molecular flexibility index (Phi) is 8.56. The summed E-state index contributed by atoms with van der Waals surface area (Å²) in [6.07, 6.45) is 26.8. The van der Waals surface area contributed by atoms with Gasteiger partial charge in [-0.2, -0.15) is 0 Å². The van der Waals surface area contributed by atoms with E-state index >= 15 is 0 Å². The van der Waals surface area contributed by atoms with Crippen molar-refractivity contribution >= 4 is 0 Å². The van der Waals surface area contributed by atoms with Crippen molar-refractivity contribution in [2.75, 3.05) is 0 Å². The van der Waals surface area contributed by atoms with Gasteiger partial charge in [0.25, 0.3) is 0 Å². The summed E-state index contributed by atoms with van der Waals surface area (Å²) in [4.78, 5) is 0. The first-order valence-corrected chi connectivity index (χ1v) is 12.1. The molecule has 0 aliphatic heterocycles. The molecule has 3 aliphatic carbocycles. The quantitative estimate of drug-likeness (QED) is 0.449. The Morgan fingerprint density at radius 1 is 0.846 bits per heavy atom. The van der Waals surface area contributed by atoms with Gasteiger partial charge in [0.15, 0.2) is 0 Å². The second-order valence-electron chi connectivity index (χ2n) is 10.0. The second-order valence-corrected chi connectivity index (χ2v) is 10.0. The molecule has 3 aliphatic rings. The van der Waals surface area contributed by atoms with Crippen LogP contribution in [0.25, 0.3) is 0 Å². The van der Waals surface area contributed by atoms with Crippen LogP contribution in [-0.2, 0) is 0 Å². The summed E-state index contributed by atoms with van der Waals surface area (Å²) in [7, 11) is 0. The highest BCUT2D eigenvalue weighted by molar-refractivity contribution is 4.93. The van der Waals surface area contributed by atoms with Gasteiger partial charge in [0.2, 0.25) is 0 Å². The molecule has 0 amide bonds. The van der Waals surface area contributed by atoms with Crippen LogP contribution in [0.4, 0.5) is 0 Å². The molecule has 1 atom stereocenters. The predicted molar refractivity (Wildman–Crippen MR) is 114 cm³/mol. The van der Waals surface area contributed by atoms with Crippen LogP contribution in [0.2, 0.25) is 0 Å². The van der Waals surface area contributed by atoms with Crippen molar-refractivity contribution in [3.8, 4) is 0 Å². The maximum absolute atomic E-state index is 3.92. The fraction of sp³-hybridized carbons (Fsp3) is 0.920. The Bertz CT molecular complexity index is 392. The number of nitrogens with one attached hydrogen (secondary N) is 1. The molecule has 0 bridgehead atoms. The first kappa shape index (κ1) is 20.4. The molecule has 26 heavy (non-hydrogen) atoms. The van der Waals surface area contributed by atoms with Crippen LogP contribution >= 0.6 is 0 Å². The standard InChI is InChI=1S/C25H45N/c1-3-7-24(26-25-9-4-5-10-25)11-6-8-21-14-18-23(19-15-21)22-16-12-20(2)13-17-22/h3,7,20-26H,4-6,8-19H2,1-2H3. The van der Waals surface area contributed by atoms with E-state index in [2.05, 4.69) is 31.3 Å². The van der Waals surface area contributed by atoms with Crippen LogP contribution in [0.5, 0.6) is 0 Å². The van der Waals surface area contributed by atoms with E-state index in [0.717, 1.165) is 29.7 Å². The molecule has 0 aromatic heterocycles. The fourth-order valence-corrected chi connectivity index (χ4v) is 6.19. The maximum Gasteiger partial charge on any atom is 0.0252 e. The molecule has 0 aromatic carbocycles. The third kappa shape index (κ3) is 6.39. The van der Waals surface area contributed by atoms with E-state index in [9.17, 15) is 0 Å². The molecule has 1 heteroatoms. The summed E-state index contributed by atoms with van der Waals surface area (Å²) < 4.78 is 0. The number of rotatable bonds is 8. The monoisotopic (exact) mass is 359 g/mol. The molecular formula is C25H45N. The van der Waals surface area contributed by atoms with Gasteiger partial charge in [0, 0.05) is 12.1 Å². The zero-order chi connectivity index (χ0) is 18.2. The minimum atomic E-state index is 0.628. The van der Waals surface area contributed by atoms with E-state index < -0.39 is 0 Å². The second kappa shape index (κ2) is 10.9. The average molecular weight is 360 g/mol. The van der Waals surface area contributed by atoms with Gasteiger partial charge in [-0.15, -0.1) is 0 Å². The summed E-state index contributed by atoms with van der Waals surface area (Å²) in [6, 6.07) is 1.42. The molecule has 1 unspecified atom stereocenters. The molecule has 3 fully saturated rings. The van der Waals surface area contributed by atoms with Gasteiger partial charge in [-0.25, -0.2) is 0 Å². The average Bonchev–Trinajstić information content (AvgIpc) is 3.16. The molecule has 0 heterocycles. The van der Waals surface area contributed by atoms with Crippen molar-refractivity contribution in [2.45, 2.75) is 122 Å². The lowest BCUT2D eigenvalue weighted by atomic mass is 9.69. The lowest BCUT2D eigenvalue weighted by Crippen LogP contribution is -2.35. The van der Waals surface area contributed by atoms with Crippen molar-refractivity contribution in [3.05, 3.63) is 12.2 Å². The third-order valence-corrected chi connectivity index (χ3v) is 7.98. The van der Waals surface area contributed by atoms with Crippen molar-refractivity contribution in [3.63, 3.8) is 0 Å². The van der Waals surface area contributed by atoms with Crippen LogP contribution in [0, 0.1) is 23.7 Å². The molecule has 0 radical (unpaired) electrons. The summed E-state index contributed by atoms with van der Waals surface area (Å²) >= 11 is 0. The first-order chi connectivity index (χ1) is 12.7. The van der Waals surface area contributed by atoms with Gasteiger partial charge in [0.05, 0.1) is 0 Å². The van der Waals surface area contributed by atoms with Crippen molar-refractivity contribution in [2.24, 2.45) is 23.7 Å². The third-order valence-electron chi connectivity index (χ3n) is 7.98. The predicted octanol–water partition coefficient (Wildman–Crippen LogP) is 7.27. The molecule has 3 rings (SSSR count). The van der Waals surface area contributed by atoms with Crippen molar-refractivity contribution < 1.29 is 0 Å². The Balaban J connectivity index is 1.31. The highest BCUT2D eigenvalue weighted by atomic mass is 14.9. The zero-order valence-electron chi connectivity index (χ0n) is 17.7. The van der Waals surface area contributed by atoms with Crippen molar-refractivity contribution in [1.29, 1.82) is 0 Å². The fourth-order valence-electron chi connectivity index (χ4n) is 6.19. The SMILES string of the molecule is CC=CC(CCCC1CCC(C2CCC(C)CC2)CC1)NC1CCCC1. The number of allylic oxidation sites excluding steroid dienone is 1. The Labute approximate surface area is 163 Å². The van der Waals surface area contributed by atoms with E-state index in [4.69, 9.17) is 0 Å². The van der Waals surface area contributed by atoms with Crippen molar-refractivity contribution in [1.82, 2.24) is 5.32 Å². The van der Waals surface area contributed by atoms with Gasteiger partial charge in [0.1, 0.15) is 0 Å². The zero-order valence-corrected chi connectivity index (χ0v) is 17.7. The van der Waals surface area contributed by atoms with Crippen LogP contribution in [0.3, 0.4) is 0 Å². The van der Waals surface area contributed by atoms with Crippen LogP contribution in [0.1, 0.15) is 110 Å². The van der Waals surface area contributed by atoms with Gasteiger partial charge in [-0.1, -0.05) is 70.4 Å². The topological polar surface area (TPSA) is 12.0 Å². The lowest BCUT2D eigenvalue weighted by Gasteiger charge is -2.37. The highest BCUT2D eigenvalue weighted by Crippen LogP contribution is 2.42. The first-order valence-electron chi connectivity index (χ1n) is 12.1. The molecule has 0 saturated heterocycles. The minimum absolute atomic E-state index is 0.628. The largest absolute Gasteiger partial charge is 0.308 e. The summed E-state index contributed by atoms with van der Waals surface area (Å²) in [5, 5.41) is 3.92. The van der Waals surface area contributed by atoms with Gasteiger partial charge in [-0.3, -0.25) is 0 Å². The Hall–Kier alpha value is -0.300. The summed E-state index contributed by atoms with van der Waals surface area (Å²) in [5.41, 5.74) is 0.